The smallest absolute Gasteiger partial charge is 0.408 e. The third kappa shape index (κ3) is 8.83. The van der Waals surface area contributed by atoms with E-state index in [4.69, 9.17) is 10.5 Å². The second-order valence-electron chi connectivity index (χ2n) is 8.46. The predicted molar refractivity (Wildman–Crippen MR) is 119 cm³/mol. The van der Waals surface area contributed by atoms with E-state index < -0.39 is 47.9 Å². The second-order valence-corrected chi connectivity index (χ2v) is 8.46. The molecule has 32 heavy (non-hydrogen) atoms. The minimum absolute atomic E-state index is 0.00562. The van der Waals surface area contributed by atoms with Crippen LogP contribution < -0.4 is 16.4 Å². The highest BCUT2D eigenvalue weighted by Crippen LogP contribution is 2.23. The Hall–Kier alpha value is -3.30. The van der Waals surface area contributed by atoms with E-state index in [1.165, 1.54) is 31.3 Å². The maximum absolute atomic E-state index is 13.2. The molecule has 1 aromatic rings. The number of hydrogen-bond donors (Lipinski definition) is 4. The van der Waals surface area contributed by atoms with E-state index in [0.29, 0.717) is 12.1 Å². The van der Waals surface area contributed by atoms with E-state index >= 15 is 0 Å². The number of nitrogens with two attached hydrogens (primary N) is 1. The molecule has 0 aromatic heterocycles. The van der Waals surface area contributed by atoms with Crippen molar-refractivity contribution in [1.82, 2.24) is 15.5 Å². The zero-order valence-corrected chi connectivity index (χ0v) is 19.3. The van der Waals surface area contributed by atoms with Crippen LogP contribution in [0.3, 0.4) is 0 Å². The van der Waals surface area contributed by atoms with Crippen LogP contribution in [0.25, 0.3) is 0 Å². The second kappa shape index (κ2) is 11.9. The lowest BCUT2D eigenvalue weighted by atomic mass is 10.0. The van der Waals surface area contributed by atoms with Crippen molar-refractivity contribution in [3.05, 3.63) is 29.8 Å². The zero-order valence-electron chi connectivity index (χ0n) is 19.3. The van der Waals surface area contributed by atoms with Gasteiger partial charge in [-0.15, -0.1) is 0 Å². The number of benzene rings is 1. The summed E-state index contributed by atoms with van der Waals surface area (Å²) in [6, 6.07) is 3.46. The number of aromatic hydroxyl groups is 1. The molecule has 5 N–H and O–H groups in total. The molecule has 1 rings (SSSR count). The van der Waals surface area contributed by atoms with Crippen LogP contribution in [0.4, 0.5) is 4.79 Å². The molecule has 178 valence electrons. The minimum atomic E-state index is -1.32. The fraction of sp³-hybridized carbons (Fsp3) is 0.545. The number of ether oxygens (including phenoxy) is 1. The number of carbonyl (C=O) groups excluding carboxylic acids is 4. The summed E-state index contributed by atoms with van der Waals surface area (Å²) < 4.78 is 5.17. The van der Waals surface area contributed by atoms with Gasteiger partial charge in [0.1, 0.15) is 23.4 Å². The highest BCUT2D eigenvalue weighted by molar-refractivity contribution is 5.94. The number of alkyl carbamates (subject to hydrolysis) is 1. The number of carbonyl (C=O) groups is 4. The van der Waals surface area contributed by atoms with Crippen molar-refractivity contribution in [2.75, 3.05) is 13.6 Å². The zero-order chi connectivity index (χ0) is 24.5. The Bertz CT molecular complexity index is 804. The van der Waals surface area contributed by atoms with Crippen LogP contribution >= 0.6 is 0 Å². The molecule has 0 fully saturated rings. The van der Waals surface area contributed by atoms with E-state index in [0.717, 1.165) is 17.7 Å². The van der Waals surface area contributed by atoms with Gasteiger partial charge in [0.2, 0.25) is 17.7 Å². The van der Waals surface area contributed by atoms with Gasteiger partial charge in [-0.25, -0.2) is 4.79 Å². The molecule has 10 nitrogen and oxygen atoms in total. The number of amides is 4. The minimum Gasteiger partial charge on any atom is -0.508 e. The van der Waals surface area contributed by atoms with Gasteiger partial charge in [0, 0.05) is 13.6 Å². The molecule has 10 heteroatoms. The number of nitrogens with zero attached hydrogens (tertiary/aromatic N) is 1. The van der Waals surface area contributed by atoms with Crippen molar-refractivity contribution < 1.29 is 29.0 Å². The van der Waals surface area contributed by atoms with Gasteiger partial charge in [-0.05, 0) is 44.9 Å². The Morgan fingerprint density at radius 1 is 1.16 bits per heavy atom. The molecule has 2 atom stereocenters. The number of phenolic OH excluding ortho intramolecular Hbond substituents is 1. The first-order chi connectivity index (χ1) is 14.9. The first-order valence-corrected chi connectivity index (χ1v) is 10.5. The first-order valence-electron chi connectivity index (χ1n) is 10.5. The molecule has 1 aromatic carbocycles. The lowest BCUT2D eigenvalue weighted by Crippen LogP contribution is -2.52. The van der Waals surface area contributed by atoms with E-state index in [9.17, 15) is 24.3 Å². The summed E-state index contributed by atoms with van der Waals surface area (Å²) in [6.07, 6.45) is 0.275. The monoisotopic (exact) mass is 450 g/mol. The van der Waals surface area contributed by atoms with E-state index in [2.05, 4.69) is 10.6 Å². The normalized spacial score (nSPS) is 12.9. The van der Waals surface area contributed by atoms with Gasteiger partial charge in [-0.3, -0.25) is 14.4 Å². The van der Waals surface area contributed by atoms with Crippen LogP contribution in [0.5, 0.6) is 5.75 Å². The summed E-state index contributed by atoms with van der Waals surface area (Å²) in [6.45, 7) is 7.38. The molecule has 0 aliphatic rings. The van der Waals surface area contributed by atoms with Gasteiger partial charge in [0.15, 0.2) is 0 Å². The van der Waals surface area contributed by atoms with Gasteiger partial charge in [0.25, 0.3) is 0 Å². The molecule has 4 amide bonds. The van der Waals surface area contributed by atoms with E-state index in [-0.39, 0.29) is 5.75 Å². The van der Waals surface area contributed by atoms with Crippen molar-refractivity contribution in [2.24, 2.45) is 5.73 Å². The van der Waals surface area contributed by atoms with Gasteiger partial charge < -0.3 is 31.1 Å². The Labute approximate surface area is 188 Å². The van der Waals surface area contributed by atoms with Gasteiger partial charge in [0.05, 0.1) is 6.42 Å². The molecule has 0 aliphatic carbocycles. The number of primary amides is 1. The average molecular weight is 451 g/mol. The largest absolute Gasteiger partial charge is 0.508 e. The van der Waals surface area contributed by atoms with Crippen molar-refractivity contribution in [1.29, 1.82) is 0 Å². The van der Waals surface area contributed by atoms with Crippen LogP contribution in [-0.2, 0) is 19.1 Å². The van der Waals surface area contributed by atoms with Crippen LogP contribution in [0.15, 0.2) is 24.3 Å². The molecule has 0 spiro atoms. The summed E-state index contributed by atoms with van der Waals surface area (Å²) in [4.78, 5) is 51.0. The Morgan fingerprint density at radius 3 is 2.25 bits per heavy atom. The molecule has 0 saturated heterocycles. The molecular weight excluding hydrogens is 416 g/mol. The molecule has 0 radical (unpaired) electrons. The van der Waals surface area contributed by atoms with Crippen molar-refractivity contribution in [2.45, 2.75) is 64.6 Å². The van der Waals surface area contributed by atoms with Crippen molar-refractivity contribution in [3.63, 3.8) is 0 Å². The van der Waals surface area contributed by atoms with Gasteiger partial charge in [-0.2, -0.15) is 0 Å². The molecule has 0 bridgehead atoms. The standard InChI is InChI=1S/C22H34N4O6/c1-6-7-12-24-19(29)18(14-8-10-15(27)11-9-14)26(5)20(30)16(13-17(23)28)25-21(31)32-22(2,3)4/h8-11,16,18,27H,6-7,12-13H2,1-5H3,(H2,23,28)(H,24,29)(H,25,31). The highest BCUT2D eigenvalue weighted by Gasteiger charge is 2.34. The summed E-state index contributed by atoms with van der Waals surface area (Å²) >= 11 is 0. The number of nitrogens with one attached hydrogen (secondary N) is 2. The fourth-order valence-corrected chi connectivity index (χ4v) is 2.92. The summed E-state index contributed by atoms with van der Waals surface area (Å²) in [5.41, 5.74) is 4.90. The average Bonchev–Trinajstić information content (AvgIpc) is 2.67. The van der Waals surface area contributed by atoms with Crippen LogP contribution in [-0.4, -0.2) is 59.1 Å². The molecule has 0 heterocycles. The highest BCUT2D eigenvalue weighted by atomic mass is 16.6. The molecule has 2 unspecified atom stereocenters. The Kier molecular flexibility index (Phi) is 9.96. The summed E-state index contributed by atoms with van der Waals surface area (Å²) in [5.74, 6) is -1.93. The SMILES string of the molecule is CCCCNC(=O)C(c1ccc(O)cc1)N(C)C(=O)C(CC(N)=O)NC(=O)OC(C)(C)C. The van der Waals surface area contributed by atoms with Crippen LogP contribution in [0, 0.1) is 0 Å². The maximum Gasteiger partial charge on any atom is 0.408 e. The van der Waals surface area contributed by atoms with Crippen molar-refractivity contribution >= 4 is 23.8 Å². The van der Waals surface area contributed by atoms with Crippen molar-refractivity contribution in [3.8, 4) is 5.75 Å². The number of phenols is 1. The maximum atomic E-state index is 13.2. The van der Waals surface area contributed by atoms with Crippen LogP contribution in [0.2, 0.25) is 0 Å². The quantitative estimate of drug-likeness (QED) is 0.397. The number of unbranched alkanes of at least 4 members (excludes halogenated alkanes) is 1. The fourth-order valence-electron chi connectivity index (χ4n) is 2.92. The third-order valence-corrected chi connectivity index (χ3v) is 4.42. The predicted octanol–water partition coefficient (Wildman–Crippen LogP) is 1.58. The van der Waals surface area contributed by atoms with Gasteiger partial charge in [-0.1, -0.05) is 25.5 Å². The Morgan fingerprint density at radius 2 is 1.75 bits per heavy atom. The third-order valence-electron chi connectivity index (χ3n) is 4.42. The lowest BCUT2D eigenvalue weighted by molar-refractivity contribution is -0.141. The number of hydrogen-bond acceptors (Lipinski definition) is 6. The molecule has 0 saturated carbocycles. The first kappa shape index (κ1) is 26.7. The lowest BCUT2D eigenvalue weighted by Gasteiger charge is -2.31. The number of likely N-dealkylation sites (N-methyl/N-ethyl adjacent to an activating group) is 1. The summed E-state index contributed by atoms with van der Waals surface area (Å²) in [5, 5.41) is 14.7. The summed E-state index contributed by atoms with van der Waals surface area (Å²) in [7, 11) is 1.39. The topological polar surface area (TPSA) is 151 Å². The molecule has 0 aliphatic heterocycles. The van der Waals surface area contributed by atoms with Gasteiger partial charge >= 0.3 is 6.09 Å². The van der Waals surface area contributed by atoms with E-state index in [1.807, 2.05) is 6.92 Å². The van der Waals surface area contributed by atoms with E-state index in [1.54, 1.807) is 20.8 Å². The van der Waals surface area contributed by atoms with Crippen LogP contribution in [0.1, 0.15) is 58.6 Å². The number of rotatable bonds is 10. The molecular formula is C22H34N4O6. The Balaban J connectivity index is 3.18.